The van der Waals surface area contributed by atoms with Crippen molar-refractivity contribution in [3.8, 4) is 5.75 Å². The smallest absolute Gasteiger partial charge is 0.406 e. The summed E-state index contributed by atoms with van der Waals surface area (Å²) in [7, 11) is 0. The minimum absolute atomic E-state index is 0.0888. The Balaban J connectivity index is 1.55. The van der Waals surface area contributed by atoms with E-state index in [-0.39, 0.29) is 11.7 Å². The number of piperidine rings is 1. The van der Waals surface area contributed by atoms with Crippen molar-refractivity contribution in [2.45, 2.75) is 51.0 Å². The maximum Gasteiger partial charge on any atom is 0.573 e. The van der Waals surface area contributed by atoms with Crippen LogP contribution in [-0.4, -0.2) is 40.1 Å². The van der Waals surface area contributed by atoms with Crippen LogP contribution in [0.5, 0.6) is 5.75 Å². The highest BCUT2D eigenvalue weighted by molar-refractivity contribution is 6.33. The number of primary amides is 1. The average molecular weight is 588 g/mol. The van der Waals surface area contributed by atoms with E-state index >= 15 is 0 Å². The van der Waals surface area contributed by atoms with Crippen molar-refractivity contribution < 1.29 is 27.8 Å². The van der Waals surface area contributed by atoms with Gasteiger partial charge in [0.2, 0.25) is 0 Å². The molecule has 1 amide bonds. The first kappa shape index (κ1) is 28.9. The molecule has 1 saturated heterocycles. The summed E-state index contributed by atoms with van der Waals surface area (Å²) in [5.74, 6) is -0.762. The van der Waals surface area contributed by atoms with Gasteiger partial charge in [0.15, 0.2) is 11.4 Å². The zero-order valence-electron chi connectivity index (χ0n) is 22.4. The third-order valence-corrected chi connectivity index (χ3v) is 8.23. The van der Waals surface area contributed by atoms with Crippen LogP contribution in [0, 0.1) is 0 Å². The van der Waals surface area contributed by atoms with Crippen LogP contribution in [0.25, 0.3) is 5.52 Å². The van der Waals surface area contributed by atoms with Gasteiger partial charge < -0.3 is 15.6 Å². The Kier molecular flexibility index (Phi) is 8.00. The second kappa shape index (κ2) is 11.3. The molecule has 1 aliphatic rings. The zero-order valence-corrected chi connectivity index (χ0v) is 23.2. The van der Waals surface area contributed by atoms with Gasteiger partial charge >= 0.3 is 6.36 Å². The second-order valence-electron chi connectivity index (χ2n) is 10.4. The molecule has 11 heteroatoms. The number of benzene rings is 2. The summed E-state index contributed by atoms with van der Waals surface area (Å²) in [6, 6.07) is 15.4. The number of ether oxygens (including phenoxy) is 1. The van der Waals surface area contributed by atoms with Crippen molar-refractivity contribution in [1.29, 1.82) is 0 Å². The minimum atomic E-state index is -4.75. The highest BCUT2D eigenvalue weighted by Gasteiger charge is 2.42. The number of hydrogen-bond donors (Lipinski definition) is 2. The molecule has 0 saturated carbocycles. The topological polar surface area (TPSA) is 89.9 Å². The number of amides is 1. The Morgan fingerprint density at radius 2 is 1.88 bits per heavy atom. The van der Waals surface area contributed by atoms with Gasteiger partial charge in [-0.2, -0.15) is 5.10 Å². The molecule has 3 heterocycles. The van der Waals surface area contributed by atoms with Gasteiger partial charge in [-0.05, 0) is 47.7 Å². The van der Waals surface area contributed by atoms with Crippen molar-refractivity contribution in [3.63, 3.8) is 0 Å². The molecule has 0 bridgehead atoms. The molecule has 1 aliphatic heterocycles. The Bertz CT molecular complexity index is 1550. The van der Waals surface area contributed by atoms with Crippen LogP contribution in [0.2, 0.25) is 5.02 Å². The van der Waals surface area contributed by atoms with Gasteiger partial charge in [-0.15, -0.1) is 13.2 Å². The van der Waals surface area contributed by atoms with E-state index in [2.05, 4.69) is 9.84 Å². The van der Waals surface area contributed by atoms with E-state index in [4.69, 9.17) is 17.3 Å². The molecule has 7 nitrogen and oxygen atoms in total. The van der Waals surface area contributed by atoms with Gasteiger partial charge in [0.25, 0.3) is 5.91 Å². The number of carbonyl (C=O) groups excluding carboxylic acids is 1. The predicted molar refractivity (Wildman–Crippen MR) is 151 cm³/mol. The Labute approximate surface area is 240 Å². The molecule has 5 rings (SSSR count). The predicted octanol–water partition coefficient (Wildman–Crippen LogP) is 7.04. The average Bonchev–Trinajstić information content (AvgIpc) is 3.38. The van der Waals surface area contributed by atoms with Crippen LogP contribution in [0.15, 0.2) is 67.0 Å². The molecule has 2 aromatic carbocycles. The van der Waals surface area contributed by atoms with E-state index in [0.29, 0.717) is 52.9 Å². The molecule has 216 valence electrons. The molecule has 1 atom stereocenters. The van der Waals surface area contributed by atoms with E-state index < -0.39 is 18.4 Å². The van der Waals surface area contributed by atoms with Crippen molar-refractivity contribution in [1.82, 2.24) is 14.1 Å². The Morgan fingerprint density at radius 3 is 2.49 bits per heavy atom. The fourth-order valence-corrected chi connectivity index (χ4v) is 6.31. The summed E-state index contributed by atoms with van der Waals surface area (Å²) < 4.78 is 43.9. The summed E-state index contributed by atoms with van der Waals surface area (Å²) in [6.07, 6.45) is 0.657. The van der Waals surface area contributed by atoms with Gasteiger partial charge in [0.05, 0.1) is 31.0 Å². The summed E-state index contributed by atoms with van der Waals surface area (Å²) in [5, 5.41) is 15.4. The highest BCUT2D eigenvalue weighted by atomic mass is 35.5. The largest absolute Gasteiger partial charge is 0.573 e. The lowest BCUT2D eigenvalue weighted by atomic mass is 9.87. The highest BCUT2D eigenvalue weighted by Crippen LogP contribution is 2.47. The van der Waals surface area contributed by atoms with Crippen molar-refractivity contribution in [2.75, 3.05) is 13.1 Å². The van der Waals surface area contributed by atoms with Gasteiger partial charge in [-0.25, -0.2) is 4.52 Å². The van der Waals surface area contributed by atoms with Gasteiger partial charge in [0, 0.05) is 31.2 Å². The number of aliphatic hydroxyl groups excluding tert-OH is 1. The number of nitrogens with zero attached hydrogens (tertiary/aromatic N) is 3. The molecule has 3 N–H and O–H groups in total. The first-order valence-electron chi connectivity index (χ1n) is 13.5. The molecular weight excluding hydrogens is 557 g/mol. The first-order chi connectivity index (χ1) is 19.5. The lowest BCUT2D eigenvalue weighted by molar-refractivity contribution is -0.274. The third kappa shape index (κ3) is 5.77. The van der Waals surface area contributed by atoms with Crippen molar-refractivity contribution in [2.24, 2.45) is 5.73 Å². The molecule has 2 aromatic heterocycles. The number of alkyl halides is 3. The number of pyridine rings is 1. The van der Waals surface area contributed by atoms with Crippen LogP contribution in [0.1, 0.15) is 66.1 Å². The monoisotopic (exact) mass is 587 g/mol. The second-order valence-corrected chi connectivity index (χ2v) is 10.8. The summed E-state index contributed by atoms with van der Waals surface area (Å²) >= 11 is 6.95. The van der Waals surface area contributed by atoms with Gasteiger partial charge in [0.1, 0.15) is 16.3 Å². The lowest BCUT2D eigenvalue weighted by Gasteiger charge is -2.43. The van der Waals surface area contributed by atoms with Crippen LogP contribution in [0.4, 0.5) is 24.5 Å². The van der Waals surface area contributed by atoms with E-state index in [1.54, 1.807) is 28.9 Å². The van der Waals surface area contributed by atoms with Gasteiger partial charge in [-0.3, -0.25) is 9.28 Å². The molecule has 1 fully saturated rings. The van der Waals surface area contributed by atoms with Crippen LogP contribution in [0.3, 0.4) is 0 Å². The van der Waals surface area contributed by atoms with Crippen LogP contribution in [-0.2, 0) is 0 Å². The molecule has 0 aliphatic carbocycles. The fraction of sp³-hybridized carbons (Fsp3) is 0.333. The molecule has 41 heavy (non-hydrogen) atoms. The Morgan fingerprint density at radius 1 is 1.17 bits per heavy atom. The maximum atomic E-state index is 12.6. The fourth-order valence-electron chi connectivity index (χ4n) is 5.96. The maximum absolute atomic E-state index is 12.6. The van der Waals surface area contributed by atoms with Crippen LogP contribution < -0.4 is 15.0 Å². The molecular formula is C30H31ClF3N4O3+. The normalized spacial score (nSPS) is 20.2. The summed E-state index contributed by atoms with van der Waals surface area (Å²) in [5.41, 5.74) is 9.91. The molecule has 0 radical (unpaired) electrons. The molecule has 0 spiro atoms. The van der Waals surface area contributed by atoms with Gasteiger partial charge in [-0.1, -0.05) is 43.1 Å². The van der Waals surface area contributed by atoms with E-state index in [1.807, 2.05) is 31.2 Å². The number of carbonyl (C=O) groups is 1. The number of aromatic nitrogens is 2. The number of rotatable bonds is 8. The minimum Gasteiger partial charge on any atom is -0.406 e. The van der Waals surface area contributed by atoms with Crippen molar-refractivity contribution in [3.05, 3.63) is 88.7 Å². The summed E-state index contributed by atoms with van der Waals surface area (Å²) in [4.78, 5) is 12.4. The third-order valence-electron chi connectivity index (χ3n) is 7.93. The molecule has 4 aromatic rings. The number of aliphatic hydroxyl groups is 1. The number of quaternary nitrogens is 1. The quantitative estimate of drug-likeness (QED) is 0.216. The number of nitrogens with two attached hydrogens (primary N) is 1. The summed E-state index contributed by atoms with van der Waals surface area (Å²) in [6.45, 7) is 3.18. The first-order valence-corrected chi connectivity index (χ1v) is 13.9. The number of halogens is 4. The van der Waals surface area contributed by atoms with E-state index in [9.17, 15) is 23.1 Å². The molecule has 1 unspecified atom stereocenters. The lowest BCUT2D eigenvalue weighted by Crippen LogP contribution is -2.50. The Hall–Kier alpha value is -3.60. The van der Waals surface area contributed by atoms with E-state index in [1.165, 1.54) is 18.3 Å². The zero-order chi connectivity index (χ0) is 29.4. The number of fused-ring (bicyclic) bond motifs is 1. The number of hydrogen-bond acceptors (Lipinski definition) is 4. The van der Waals surface area contributed by atoms with Crippen LogP contribution >= 0.6 is 11.6 Å². The standard InChI is InChI=1S/C30H30ClF3N4O3/c1-2-4-27(39)21-8-11-25(24(31)17-21)38(26-5-3-14-37-28(26)23(18-36-37)29(35)40)15-12-20(13-16-38)19-6-9-22(10-7-19)41-30(32,33)34/h3,5-11,14,17-18,20,27,39H,2,4,12-13,15-16H2,1H3,(H-,35,40)/p+1. The van der Waals surface area contributed by atoms with E-state index in [0.717, 1.165) is 28.9 Å². The SMILES string of the molecule is CCCC(O)c1ccc([N+]2(c3cccn4ncc(C(N)=O)c34)CCC(c3ccc(OC(F)(F)F)cc3)CC2)c(Cl)c1. The van der Waals surface area contributed by atoms with Crippen molar-refractivity contribution >= 4 is 34.4 Å².